The molecule has 2 aromatic carbocycles. The van der Waals surface area contributed by atoms with Crippen LogP contribution < -0.4 is 4.72 Å². The van der Waals surface area contributed by atoms with Crippen LogP contribution in [0.3, 0.4) is 0 Å². The average molecular weight is 384 g/mol. The second kappa shape index (κ2) is 6.50. The summed E-state index contributed by atoms with van der Waals surface area (Å²) in [5.74, 6) is -0.572. The first-order chi connectivity index (χ1) is 10.3. The van der Waals surface area contributed by atoms with E-state index in [0.717, 1.165) is 4.47 Å². The number of nitrogens with one attached hydrogen (secondary N) is 1. The number of rotatable bonds is 4. The van der Waals surface area contributed by atoms with Crippen molar-refractivity contribution in [3.05, 3.63) is 58.1 Å². The van der Waals surface area contributed by atoms with Gasteiger partial charge in [-0.3, -0.25) is 4.72 Å². The molecule has 0 radical (unpaired) electrons. The SMILES string of the molecule is COC(=O)c1cccc(S(=O)(=O)Nc2cccc(Br)c2)c1C. The van der Waals surface area contributed by atoms with E-state index in [1.54, 1.807) is 31.2 Å². The fourth-order valence-corrected chi connectivity index (χ4v) is 3.72. The molecule has 0 aliphatic carbocycles. The zero-order valence-corrected chi connectivity index (χ0v) is 14.4. The molecule has 0 amide bonds. The van der Waals surface area contributed by atoms with Gasteiger partial charge in [0.05, 0.1) is 17.6 Å². The van der Waals surface area contributed by atoms with E-state index in [0.29, 0.717) is 11.3 Å². The van der Waals surface area contributed by atoms with Crippen LogP contribution in [0.5, 0.6) is 0 Å². The topological polar surface area (TPSA) is 72.5 Å². The molecule has 0 fully saturated rings. The highest BCUT2D eigenvalue weighted by atomic mass is 79.9. The molecular weight excluding hydrogens is 370 g/mol. The number of carbonyl (C=O) groups excluding carboxylic acids is 1. The van der Waals surface area contributed by atoms with Gasteiger partial charge in [0.1, 0.15) is 0 Å². The van der Waals surface area contributed by atoms with E-state index >= 15 is 0 Å². The van der Waals surface area contributed by atoms with E-state index in [4.69, 9.17) is 0 Å². The summed E-state index contributed by atoms with van der Waals surface area (Å²) in [6, 6.07) is 11.3. The first kappa shape index (κ1) is 16.5. The lowest BCUT2D eigenvalue weighted by Crippen LogP contribution is -2.16. The number of methoxy groups -OCH3 is 1. The molecule has 116 valence electrons. The molecule has 2 rings (SSSR count). The van der Waals surface area contributed by atoms with Gasteiger partial charge in [-0.1, -0.05) is 28.1 Å². The lowest BCUT2D eigenvalue weighted by atomic mass is 10.1. The number of halogens is 1. The Morgan fingerprint density at radius 1 is 1.18 bits per heavy atom. The van der Waals surface area contributed by atoms with Crippen LogP contribution in [0.15, 0.2) is 51.8 Å². The van der Waals surface area contributed by atoms with Gasteiger partial charge in [0.2, 0.25) is 0 Å². The third kappa shape index (κ3) is 3.48. The van der Waals surface area contributed by atoms with Crippen LogP contribution in [0, 0.1) is 6.92 Å². The summed E-state index contributed by atoms with van der Waals surface area (Å²) in [6.45, 7) is 1.57. The fraction of sp³-hybridized carbons (Fsp3) is 0.133. The summed E-state index contributed by atoms with van der Waals surface area (Å²) in [5, 5.41) is 0. The van der Waals surface area contributed by atoms with Gasteiger partial charge in [-0.15, -0.1) is 0 Å². The molecule has 2 aromatic rings. The largest absolute Gasteiger partial charge is 0.465 e. The number of anilines is 1. The molecule has 1 N–H and O–H groups in total. The first-order valence-corrected chi connectivity index (χ1v) is 8.59. The molecule has 0 spiro atoms. The molecule has 0 heterocycles. The van der Waals surface area contributed by atoms with Crippen LogP contribution in [0.25, 0.3) is 0 Å². The van der Waals surface area contributed by atoms with E-state index < -0.39 is 16.0 Å². The number of esters is 1. The van der Waals surface area contributed by atoms with Crippen LogP contribution in [0.2, 0.25) is 0 Å². The summed E-state index contributed by atoms with van der Waals surface area (Å²) in [4.78, 5) is 11.7. The minimum Gasteiger partial charge on any atom is -0.465 e. The zero-order chi connectivity index (χ0) is 16.3. The van der Waals surface area contributed by atoms with Crippen LogP contribution in [-0.2, 0) is 14.8 Å². The molecule has 0 aromatic heterocycles. The Morgan fingerprint density at radius 3 is 2.50 bits per heavy atom. The van der Waals surface area contributed by atoms with Gasteiger partial charge >= 0.3 is 5.97 Å². The summed E-state index contributed by atoms with van der Waals surface area (Å²) in [6.07, 6.45) is 0. The zero-order valence-electron chi connectivity index (χ0n) is 12.0. The lowest BCUT2D eigenvalue weighted by molar-refractivity contribution is 0.0599. The summed E-state index contributed by atoms with van der Waals surface area (Å²) in [5.41, 5.74) is 0.994. The molecule has 0 atom stereocenters. The summed E-state index contributed by atoms with van der Waals surface area (Å²) >= 11 is 3.28. The highest BCUT2D eigenvalue weighted by Crippen LogP contribution is 2.23. The van der Waals surface area contributed by atoms with Crippen LogP contribution in [-0.4, -0.2) is 21.5 Å². The van der Waals surface area contributed by atoms with Crippen molar-refractivity contribution in [2.75, 3.05) is 11.8 Å². The Kier molecular flexibility index (Phi) is 4.87. The number of ether oxygens (including phenoxy) is 1. The maximum Gasteiger partial charge on any atom is 0.338 e. The molecule has 22 heavy (non-hydrogen) atoms. The standard InChI is InChI=1S/C15H14BrNO4S/c1-10-13(15(18)21-2)7-4-8-14(10)22(19,20)17-12-6-3-5-11(16)9-12/h3-9,17H,1-2H3. The van der Waals surface area contributed by atoms with Crippen LogP contribution in [0.1, 0.15) is 15.9 Å². The smallest absolute Gasteiger partial charge is 0.338 e. The highest BCUT2D eigenvalue weighted by molar-refractivity contribution is 9.10. The third-order valence-electron chi connectivity index (χ3n) is 3.06. The summed E-state index contributed by atoms with van der Waals surface area (Å²) in [7, 11) is -2.55. The van der Waals surface area contributed by atoms with Gasteiger partial charge in [0, 0.05) is 10.2 Å². The monoisotopic (exact) mass is 383 g/mol. The fourth-order valence-electron chi connectivity index (χ4n) is 2.00. The lowest BCUT2D eigenvalue weighted by Gasteiger charge is -2.12. The predicted octanol–water partition coefficient (Wildman–Crippen LogP) is 3.34. The average Bonchev–Trinajstić information content (AvgIpc) is 2.46. The van der Waals surface area contributed by atoms with Gasteiger partial charge in [-0.25, -0.2) is 13.2 Å². The van der Waals surface area contributed by atoms with Crippen molar-refractivity contribution in [2.45, 2.75) is 11.8 Å². The molecule has 0 bridgehead atoms. The number of sulfonamides is 1. The van der Waals surface area contributed by atoms with Crippen molar-refractivity contribution in [2.24, 2.45) is 0 Å². The third-order valence-corrected chi connectivity index (χ3v) is 5.07. The molecule has 0 aliphatic rings. The van der Waals surface area contributed by atoms with Gasteiger partial charge < -0.3 is 4.74 Å². The first-order valence-electron chi connectivity index (χ1n) is 6.31. The minimum atomic E-state index is -3.80. The second-order valence-corrected chi connectivity index (χ2v) is 7.10. The summed E-state index contributed by atoms with van der Waals surface area (Å²) < 4.78 is 32.9. The van der Waals surface area contributed by atoms with Crippen molar-refractivity contribution in [3.63, 3.8) is 0 Å². The normalized spacial score (nSPS) is 11.0. The Balaban J connectivity index is 2.44. The van der Waals surface area contributed by atoms with E-state index in [9.17, 15) is 13.2 Å². The van der Waals surface area contributed by atoms with Gasteiger partial charge in [-0.05, 0) is 42.8 Å². The maximum atomic E-state index is 12.5. The van der Waals surface area contributed by atoms with Crippen molar-refractivity contribution in [1.29, 1.82) is 0 Å². The van der Waals surface area contributed by atoms with Crippen LogP contribution >= 0.6 is 15.9 Å². The molecule has 0 aliphatic heterocycles. The molecular formula is C15H14BrNO4S. The van der Waals surface area contributed by atoms with Gasteiger partial charge in [0.25, 0.3) is 10.0 Å². The Bertz CT molecular complexity index is 818. The van der Waals surface area contributed by atoms with E-state index in [2.05, 4.69) is 25.4 Å². The van der Waals surface area contributed by atoms with Crippen molar-refractivity contribution >= 4 is 37.6 Å². The van der Waals surface area contributed by atoms with Crippen molar-refractivity contribution in [3.8, 4) is 0 Å². The Labute approximate surface area is 137 Å². The second-order valence-electron chi connectivity index (χ2n) is 4.54. The Morgan fingerprint density at radius 2 is 1.86 bits per heavy atom. The number of benzene rings is 2. The van der Waals surface area contributed by atoms with Crippen molar-refractivity contribution in [1.82, 2.24) is 0 Å². The van der Waals surface area contributed by atoms with E-state index in [1.165, 1.54) is 25.3 Å². The van der Waals surface area contributed by atoms with Crippen LogP contribution in [0.4, 0.5) is 5.69 Å². The van der Waals surface area contributed by atoms with Crippen molar-refractivity contribution < 1.29 is 17.9 Å². The molecule has 7 heteroatoms. The van der Waals surface area contributed by atoms with Gasteiger partial charge in [-0.2, -0.15) is 0 Å². The maximum absolute atomic E-state index is 12.5. The molecule has 5 nitrogen and oxygen atoms in total. The van der Waals surface area contributed by atoms with E-state index in [-0.39, 0.29) is 10.5 Å². The highest BCUT2D eigenvalue weighted by Gasteiger charge is 2.21. The minimum absolute atomic E-state index is 0.0374. The molecule has 0 saturated heterocycles. The number of hydrogen-bond donors (Lipinski definition) is 1. The van der Waals surface area contributed by atoms with E-state index in [1.807, 2.05) is 0 Å². The molecule has 0 unspecified atom stereocenters. The quantitative estimate of drug-likeness (QED) is 0.821. The predicted molar refractivity (Wildman–Crippen MR) is 87.5 cm³/mol. The Hall–Kier alpha value is -1.86. The number of hydrogen-bond acceptors (Lipinski definition) is 4. The molecule has 0 saturated carbocycles. The number of carbonyl (C=O) groups is 1. The van der Waals surface area contributed by atoms with Gasteiger partial charge in [0.15, 0.2) is 0 Å².